The van der Waals surface area contributed by atoms with Gasteiger partial charge in [0.1, 0.15) is 18.2 Å². The quantitative estimate of drug-likeness (QED) is 0.128. The zero-order valence-corrected chi connectivity index (χ0v) is 21.1. The molecular formula is C29H25N5O5. The van der Waals surface area contributed by atoms with E-state index in [2.05, 4.69) is 27.0 Å². The number of nitrogens with zero attached hydrogens (tertiary/aromatic N) is 2. The molecule has 0 radical (unpaired) electrons. The van der Waals surface area contributed by atoms with E-state index in [1.54, 1.807) is 36.5 Å². The number of furan rings is 1. The number of hydrogen-bond donors (Lipinski definition) is 3. The normalized spacial score (nSPS) is 12.8. The van der Waals surface area contributed by atoms with Crippen LogP contribution in [0.5, 0.6) is 11.5 Å². The molecule has 2 aromatic heterocycles. The number of hydrogen-bond acceptors (Lipinski definition) is 9. The predicted octanol–water partition coefficient (Wildman–Crippen LogP) is 4.86. The summed E-state index contributed by atoms with van der Waals surface area (Å²) < 4.78 is 17.3. The van der Waals surface area contributed by atoms with Crippen molar-refractivity contribution in [1.29, 1.82) is 5.26 Å². The number of carbonyl (C=O) groups is 2. The molecule has 1 aliphatic rings. The van der Waals surface area contributed by atoms with E-state index < -0.39 is 5.97 Å². The van der Waals surface area contributed by atoms with Gasteiger partial charge in [0.2, 0.25) is 5.91 Å². The topological polar surface area (TPSA) is 139 Å². The number of rotatable bonds is 8. The van der Waals surface area contributed by atoms with Gasteiger partial charge in [-0.1, -0.05) is 12.1 Å². The maximum Gasteiger partial charge on any atom is 0.332 e. The van der Waals surface area contributed by atoms with Gasteiger partial charge in [0.25, 0.3) is 0 Å². The average Bonchev–Trinajstić information content (AvgIpc) is 3.14. The Morgan fingerprint density at radius 2 is 2.10 bits per heavy atom. The average molecular weight is 524 g/mol. The predicted molar refractivity (Wildman–Crippen MR) is 145 cm³/mol. The molecule has 10 heteroatoms. The summed E-state index contributed by atoms with van der Waals surface area (Å²) in [7, 11) is 0. The van der Waals surface area contributed by atoms with Gasteiger partial charge in [-0.2, -0.15) is 5.26 Å². The number of benzene rings is 2. The summed E-state index contributed by atoms with van der Waals surface area (Å²) >= 11 is 0. The maximum atomic E-state index is 12.2. The molecule has 196 valence electrons. The van der Waals surface area contributed by atoms with Crippen LogP contribution in [-0.2, 0) is 20.9 Å². The fraction of sp³-hybridized carbons (Fsp3) is 0.172. The van der Waals surface area contributed by atoms with Crippen LogP contribution in [0, 0.1) is 18.3 Å². The molecule has 3 heterocycles. The Kier molecular flexibility index (Phi) is 7.52. The van der Waals surface area contributed by atoms with E-state index in [0.29, 0.717) is 59.2 Å². The second-order valence-electron chi connectivity index (χ2n) is 8.77. The first-order valence-corrected chi connectivity index (χ1v) is 12.3. The molecule has 2 aromatic carbocycles. The molecule has 0 unspecified atom stereocenters. The Bertz CT molecular complexity index is 1600. The minimum Gasteiger partial charge on any atom is -0.457 e. The number of fused-ring (bicyclic) bond motifs is 2. The molecule has 0 aliphatic carbocycles. The van der Waals surface area contributed by atoms with Crippen LogP contribution in [0.1, 0.15) is 28.9 Å². The lowest BCUT2D eigenvalue weighted by Gasteiger charge is -2.07. The summed E-state index contributed by atoms with van der Waals surface area (Å²) in [5.74, 6) is 1.75. The highest BCUT2D eigenvalue weighted by atomic mass is 16.5. The summed E-state index contributed by atoms with van der Waals surface area (Å²) in [6.45, 7) is 2.80. The van der Waals surface area contributed by atoms with Crippen molar-refractivity contribution < 1.29 is 23.5 Å². The summed E-state index contributed by atoms with van der Waals surface area (Å²) in [6.07, 6.45) is 4.86. The van der Waals surface area contributed by atoms with Crippen molar-refractivity contribution in [3.8, 4) is 17.6 Å². The first-order chi connectivity index (χ1) is 19.0. The van der Waals surface area contributed by atoms with Crippen LogP contribution in [0.25, 0.3) is 17.0 Å². The van der Waals surface area contributed by atoms with Crippen molar-refractivity contribution in [3.63, 3.8) is 0 Å². The van der Waals surface area contributed by atoms with Gasteiger partial charge in [-0.25, -0.2) is 9.78 Å². The van der Waals surface area contributed by atoms with Crippen molar-refractivity contribution in [2.75, 3.05) is 23.9 Å². The monoisotopic (exact) mass is 523 g/mol. The standard InChI is InChI=1S/C29H25N5O5/c1-18-23(22-3-2-4-25(28(22)38-18)39-21-8-5-19(14-30)6-9-21)16-31-17-37-27(36)10-7-20-13-24-29(33-15-20)34-26(35)11-12-32-24/h2-10,13,15,31-32H,11-12,16-17H2,1H3,(H,33,34,35)/b10-7+. The summed E-state index contributed by atoms with van der Waals surface area (Å²) in [6, 6.07) is 16.4. The molecule has 3 N–H and O–H groups in total. The number of nitrogens with one attached hydrogen (secondary N) is 3. The van der Waals surface area contributed by atoms with E-state index in [1.165, 1.54) is 6.08 Å². The van der Waals surface area contributed by atoms with E-state index in [0.717, 1.165) is 16.7 Å². The SMILES string of the molecule is Cc1oc2c(Oc3ccc(C#N)cc3)cccc2c1CNCOC(=O)/C=C/c1cnc2c(c1)NCCC(=O)N2. The van der Waals surface area contributed by atoms with Crippen molar-refractivity contribution in [2.45, 2.75) is 19.9 Å². The lowest BCUT2D eigenvalue weighted by Crippen LogP contribution is -2.19. The third kappa shape index (κ3) is 6.06. The Balaban J connectivity index is 1.16. The minimum absolute atomic E-state index is 0.00669. The number of esters is 1. The molecule has 0 fully saturated rings. The molecule has 0 bridgehead atoms. The number of nitriles is 1. The van der Waals surface area contributed by atoms with Crippen molar-refractivity contribution >= 4 is 40.4 Å². The summed E-state index contributed by atoms with van der Waals surface area (Å²) in [4.78, 5) is 28.1. The summed E-state index contributed by atoms with van der Waals surface area (Å²) in [5, 5.41) is 18.9. The van der Waals surface area contributed by atoms with Crippen LogP contribution in [0.3, 0.4) is 0 Å². The van der Waals surface area contributed by atoms with E-state index in [9.17, 15) is 9.59 Å². The molecule has 1 amide bonds. The number of aromatic nitrogens is 1. The number of para-hydroxylation sites is 1. The minimum atomic E-state index is -0.509. The first-order valence-electron chi connectivity index (χ1n) is 12.3. The van der Waals surface area contributed by atoms with Crippen LogP contribution >= 0.6 is 0 Å². The lowest BCUT2D eigenvalue weighted by atomic mass is 10.1. The van der Waals surface area contributed by atoms with Gasteiger partial charge in [-0.05, 0) is 55.0 Å². The number of carbonyl (C=O) groups excluding carboxylic acids is 2. The van der Waals surface area contributed by atoms with E-state index in [-0.39, 0.29) is 12.6 Å². The molecular weight excluding hydrogens is 498 g/mol. The zero-order chi connectivity index (χ0) is 27.2. The Morgan fingerprint density at radius 1 is 1.26 bits per heavy atom. The molecule has 0 atom stereocenters. The third-order valence-electron chi connectivity index (χ3n) is 6.06. The Morgan fingerprint density at radius 3 is 2.92 bits per heavy atom. The van der Waals surface area contributed by atoms with Gasteiger partial charge < -0.3 is 24.5 Å². The van der Waals surface area contributed by atoms with Crippen LogP contribution in [0.4, 0.5) is 11.5 Å². The largest absolute Gasteiger partial charge is 0.457 e. The number of amides is 1. The Hall–Kier alpha value is -5.14. The molecule has 10 nitrogen and oxygen atoms in total. The summed E-state index contributed by atoms with van der Waals surface area (Å²) in [5.41, 5.74) is 3.49. The van der Waals surface area contributed by atoms with Gasteiger partial charge >= 0.3 is 5.97 Å². The van der Waals surface area contributed by atoms with Gasteiger partial charge in [-0.3, -0.25) is 10.1 Å². The highest BCUT2D eigenvalue weighted by Crippen LogP contribution is 2.35. The van der Waals surface area contributed by atoms with E-state index >= 15 is 0 Å². The number of aryl methyl sites for hydroxylation is 1. The molecule has 5 rings (SSSR count). The maximum absolute atomic E-state index is 12.2. The number of pyridine rings is 1. The third-order valence-corrected chi connectivity index (χ3v) is 6.06. The van der Waals surface area contributed by atoms with E-state index in [1.807, 2.05) is 31.2 Å². The van der Waals surface area contributed by atoms with Crippen molar-refractivity contribution in [3.05, 3.63) is 83.3 Å². The van der Waals surface area contributed by atoms with Crippen molar-refractivity contribution in [2.24, 2.45) is 0 Å². The second kappa shape index (κ2) is 11.5. The van der Waals surface area contributed by atoms with Crippen LogP contribution in [-0.4, -0.2) is 30.1 Å². The highest BCUT2D eigenvalue weighted by Gasteiger charge is 2.16. The smallest absolute Gasteiger partial charge is 0.332 e. The van der Waals surface area contributed by atoms with Crippen molar-refractivity contribution in [1.82, 2.24) is 10.3 Å². The number of ether oxygens (including phenoxy) is 2. The van der Waals surface area contributed by atoms with Gasteiger partial charge in [-0.15, -0.1) is 0 Å². The Labute approximate surface area is 224 Å². The molecule has 0 spiro atoms. The van der Waals surface area contributed by atoms with Crippen LogP contribution < -0.4 is 20.7 Å². The van der Waals surface area contributed by atoms with Gasteiger partial charge in [0, 0.05) is 42.7 Å². The number of anilines is 2. The van der Waals surface area contributed by atoms with Gasteiger partial charge in [0.05, 0.1) is 17.3 Å². The van der Waals surface area contributed by atoms with Crippen LogP contribution in [0.15, 0.2) is 65.2 Å². The molecule has 39 heavy (non-hydrogen) atoms. The highest BCUT2D eigenvalue weighted by molar-refractivity contribution is 5.95. The molecule has 4 aromatic rings. The lowest BCUT2D eigenvalue weighted by molar-refractivity contribution is -0.138. The van der Waals surface area contributed by atoms with E-state index in [4.69, 9.17) is 19.2 Å². The van der Waals surface area contributed by atoms with Gasteiger partial charge in [0.15, 0.2) is 17.2 Å². The fourth-order valence-corrected chi connectivity index (χ4v) is 4.11. The van der Waals surface area contributed by atoms with Crippen LogP contribution in [0.2, 0.25) is 0 Å². The molecule has 1 aliphatic heterocycles. The first kappa shape index (κ1) is 25.5. The fourth-order valence-electron chi connectivity index (χ4n) is 4.11. The zero-order valence-electron chi connectivity index (χ0n) is 21.1. The molecule has 0 saturated heterocycles. The second-order valence-corrected chi connectivity index (χ2v) is 8.77. The molecule has 0 saturated carbocycles.